The molecule has 0 aliphatic heterocycles. The van der Waals surface area contributed by atoms with Crippen molar-refractivity contribution < 1.29 is 27.9 Å². The molecule has 0 amide bonds. The van der Waals surface area contributed by atoms with Crippen LogP contribution >= 0.6 is 0 Å². The molecule has 0 bridgehead atoms. The van der Waals surface area contributed by atoms with Crippen LogP contribution in [0.1, 0.15) is 39.5 Å². The first-order chi connectivity index (χ1) is 9.78. The third kappa shape index (κ3) is 7.39. The molecule has 8 nitrogen and oxygen atoms in total. The Morgan fingerprint density at radius 2 is 1.76 bits per heavy atom. The summed E-state index contributed by atoms with van der Waals surface area (Å²) in [7, 11) is -2.71. The molecule has 0 aromatic carbocycles. The zero-order valence-electron chi connectivity index (χ0n) is 12.7. The van der Waals surface area contributed by atoms with E-state index >= 15 is 0 Å². The molecule has 0 saturated carbocycles. The number of ether oxygens (including phenoxy) is 1. The molecule has 0 aliphatic carbocycles. The fourth-order valence-electron chi connectivity index (χ4n) is 1.70. The highest BCUT2D eigenvalue weighted by molar-refractivity contribution is 7.87. The number of carbonyl (C=O) groups is 2. The summed E-state index contributed by atoms with van der Waals surface area (Å²) in [4.78, 5) is 22.2. The van der Waals surface area contributed by atoms with E-state index < -0.39 is 28.2 Å². The van der Waals surface area contributed by atoms with Crippen molar-refractivity contribution >= 4 is 22.1 Å². The van der Waals surface area contributed by atoms with Gasteiger partial charge in [0.05, 0.1) is 7.11 Å². The second-order valence-electron chi connectivity index (χ2n) is 4.53. The lowest BCUT2D eigenvalue weighted by Gasteiger charge is -2.23. The molecular formula is C12H24N2O6S. The number of methoxy groups -OCH3 is 1. The van der Waals surface area contributed by atoms with Crippen molar-refractivity contribution in [3.05, 3.63) is 0 Å². The maximum absolute atomic E-state index is 12.2. The zero-order chi connectivity index (χ0) is 16.5. The predicted octanol–water partition coefficient (Wildman–Crippen LogP) is 0.349. The van der Waals surface area contributed by atoms with Gasteiger partial charge in [0, 0.05) is 19.5 Å². The topological polar surface area (TPSA) is 113 Å². The Labute approximate surface area is 125 Å². The van der Waals surface area contributed by atoms with Gasteiger partial charge in [-0.05, 0) is 19.3 Å². The summed E-state index contributed by atoms with van der Waals surface area (Å²) in [6.07, 6.45) is 0.923. The van der Waals surface area contributed by atoms with E-state index in [0.717, 1.165) is 0 Å². The summed E-state index contributed by atoms with van der Waals surface area (Å²) in [5, 5.41) is 9.07. The Balaban J connectivity index is 4.87. The number of nitrogens with zero attached hydrogens (tertiary/aromatic N) is 1. The summed E-state index contributed by atoms with van der Waals surface area (Å²) in [5.74, 6) is -1.91. The normalized spacial score (nSPS) is 13.1. The first-order valence-electron chi connectivity index (χ1n) is 6.85. The van der Waals surface area contributed by atoms with Gasteiger partial charge in [0.1, 0.15) is 6.04 Å². The minimum Gasteiger partial charge on any atom is -0.480 e. The molecule has 0 spiro atoms. The van der Waals surface area contributed by atoms with Gasteiger partial charge in [-0.25, -0.2) is 0 Å². The van der Waals surface area contributed by atoms with Crippen molar-refractivity contribution in [2.75, 3.05) is 20.2 Å². The molecule has 0 unspecified atom stereocenters. The third-order valence-corrected chi connectivity index (χ3v) is 4.37. The zero-order valence-corrected chi connectivity index (χ0v) is 13.5. The first kappa shape index (κ1) is 19.8. The fraction of sp³-hybridized carbons (Fsp3) is 0.833. The number of nitrogens with one attached hydrogen (secondary N) is 1. The van der Waals surface area contributed by atoms with Gasteiger partial charge in [-0.2, -0.15) is 17.4 Å². The number of carboxylic acid groups (broad SMARTS) is 1. The van der Waals surface area contributed by atoms with Crippen LogP contribution in [0, 0.1) is 0 Å². The highest BCUT2D eigenvalue weighted by Gasteiger charge is 2.28. The standard InChI is InChI=1S/C12H24N2O6S/c1-4-8-14(9-5-2)21(18,19)13-10(12(16)17)6-7-11(15)20-3/h10,13H,4-9H2,1-3H3,(H,16,17)/t10-/m0/s1. The van der Waals surface area contributed by atoms with E-state index in [1.54, 1.807) is 0 Å². The summed E-state index contributed by atoms with van der Waals surface area (Å²) in [6.45, 7) is 4.30. The quantitative estimate of drug-likeness (QED) is 0.530. The van der Waals surface area contributed by atoms with Crippen LogP contribution in [0.3, 0.4) is 0 Å². The van der Waals surface area contributed by atoms with Crippen molar-refractivity contribution in [1.29, 1.82) is 0 Å². The van der Waals surface area contributed by atoms with Crippen LogP contribution < -0.4 is 4.72 Å². The molecule has 0 aromatic rings. The molecule has 1 atom stereocenters. The lowest BCUT2D eigenvalue weighted by molar-refractivity contribution is -0.142. The van der Waals surface area contributed by atoms with E-state index in [9.17, 15) is 18.0 Å². The number of esters is 1. The van der Waals surface area contributed by atoms with Crippen LogP contribution in [0.2, 0.25) is 0 Å². The first-order valence-corrected chi connectivity index (χ1v) is 8.29. The molecule has 9 heteroatoms. The molecule has 0 radical (unpaired) electrons. The molecule has 124 valence electrons. The van der Waals surface area contributed by atoms with E-state index in [2.05, 4.69) is 9.46 Å². The molecule has 0 saturated heterocycles. The van der Waals surface area contributed by atoms with Crippen LogP contribution in [0.4, 0.5) is 0 Å². The molecule has 0 heterocycles. The second kappa shape index (κ2) is 9.69. The van der Waals surface area contributed by atoms with Crippen molar-refractivity contribution in [2.24, 2.45) is 0 Å². The number of carbonyl (C=O) groups excluding carboxylic acids is 1. The van der Waals surface area contributed by atoms with Crippen molar-refractivity contribution in [1.82, 2.24) is 9.03 Å². The molecular weight excluding hydrogens is 300 g/mol. The lowest BCUT2D eigenvalue weighted by Crippen LogP contribution is -2.49. The van der Waals surface area contributed by atoms with Gasteiger partial charge in [0.15, 0.2) is 0 Å². The van der Waals surface area contributed by atoms with Gasteiger partial charge in [-0.15, -0.1) is 0 Å². The van der Waals surface area contributed by atoms with E-state index in [-0.39, 0.29) is 12.8 Å². The Morgan fingerprint density at radius 1 is 1.24 bits per heavy atom. The second-order valence-corrected chi connectivity index (χ2v) is 6.23. The van der Waals surface area contributed by atoms with E-state index in [4.69, 9.17) is 5.11 Å². The Morgan fingerprint density at radius 3 is 2.14 bits per heavy atom. The van der Waals surface area contributed by atoms with Crippen LogP contribution in [-0.2, 0) is 24.5 Å². The molecule has 21 heavy (non-hydrogen) atoms. The van der Waals surface area contributed by atoms with Gasteiger partial charge in [0.25, 0.3) is 10.2 Å². The Kier molecular flexibility index (Phi) is 9.14. The van der Waals surface area contributed by atoms with E-state index in [1.165, 1.54) is 11.4 Å². The molecule has 0 fully saturated rings. The SMILES string of the molecule is CCCN(CCC)S(=O)(=O)N[C@@H](CCC(=O)OC)C(=O)O. The molecule has 2 N–H and O–H groups in total. The largest absolute Gasteiger partial charge is 0.480 e. The Hall–Kier alpha value is -1.19. The van der Waals surface area contributed by atoms with Crippen LogP contribution in [0.25, 0.3) is 0 Å². The maximum Gasteiger partial charge on any atom is 0.321 e. The predicted molar refractivity (Wildman–Crippen MR) is 76.9 cm³/mol. The molecule has 0 aliphatic rings. The average Bonchev–Trinajstić information content (AvgIpc) is 2.42. The fourth-order valence-corrected chi connectivity index (χ4v) is 3.28. The minimum absolute atomic E-state index is 0.159. The Bertz CT molecular complexity index is 431. The van der Waals surface area contributed by atoms with Crippen molar-refractivity contribution in [2.45, 2.75) is 45.6 Å². The van der Waals surface area contributed by atoms with Crippen LogP contribution in [-0.4, -0.2) is 56.0 Å². The molecule has 0 rings (SSSR count). The average molecular weight is 324 g/mol. The molecule has 0 aromatic heterocycles. The van der Waals surface area contributed by atoms with E-state index in [1.807, 2.05) is 13.8 Å². The van der Waals surface area contributed by atoms with Crippen LogP contribution in [0.15, 0.2) is 0 Å². The van der Waals surface area contributed by atoms with Gasteiger partial charge in [-0.1, -0.05) is 13.8 Å². The van der Waals surface area contributed by atoms with Gasteiger partial charge < -0.3 is 9.84 Å². The highest BCUT2D eigenvalue weighted by Crippen LogP contribution is 2.06. The summed E-state index contributed by atoms with van der Waals surface area (Å²) < 4.78 is 32.1. The number of hydrogen-bond donors (Lipinski definition) is 2. The summed E-state index contributed by atoms with van der Waals surface area (Å²) in [6, 6.07) is -1.36. The van der Waals surface area contributed by atoms with Gasteiger partial charge >= 0.3 is 11.9 Å². The van der Waals surface area contributed by atoms with Gasteiger partial charge in [-0.3, -0.25) is 9.59 Å². The van der Waals surface area contributed by atoms with Crippen LogP contribution in [0.5, 0.6) is 0 Å². The van der Waals surface area contributed by atoms with E-state index in [0.29, 0.717) is 25.9 Å². The van der Waals surface area contributed by atoms with Crippen molar-refractivity contribution in [3.8, 4) is 0 Å². The number of hydrogen-bond acceptors (Lipinski definition) is 5. The number of rotatable bonds is 11. The summed E-state index contributed by atoms with van der Waals surface area (Å²) >= 11 is 0. The smallest absolute Gasteiger partial charge is 0.321 e. The summed E-state index contributed by atoms with van der Waals surface area (Å²) in [5.41, 5.74) is 0. The van der Waals surface area contributed by atoms with Crippen molar-refractivity contribution in [3.63, 3.8) is 0 Å². The number of carboxylic acids is 1. The minimum atomic E-state index is -3.90. The number of aliphatic carboxylic acids is 1. The maximum atomic E-state index is 12.2. The van der Waals surface area contributed by atoms with Gasteiger partial charge in [0.2, 0.25) is 0 Å². The highest BCUT2D eigenvalue weighted by atomic mass is 32.2. The monoisotopic (exact) mass is 324 g/mol. The third-order valence-electron chi connectivity index (χ3n) is 2.74. The lowest BCUT2D eigenvalue weighted by atomic mass is 10.2.